The van der Waals surface area contributed by atoms with Crippen LogP contribution in [-0.4, -0.2) is 24.7 Å². The number of esters is 1. The number of rotatable bonds is 9. The highest BCUT2D eigenvalue weighted by Crippen LogP contribution is 2.19. The molecular weight excluding hydrogens is 440 g/mol. The summed E-state index contributed by atoms with van der Waals surface area (Å²) in [5.41, 5.74) is 4.31. The maximum atomic E-state index is 12.6. The van der Waals surface area contributed by atoms with Crippen LogP contribution in [0.15, 0.2) is 96.1 Å². The lowest BCUT2D eigenvalue weighted by Gasteiger charge is -2.07. The van der Waals surface area contributed by atoms with Crippen molar-refractivity contribution in [2.45, 2.75) is 19.8 Å². The van der Waals surface area contributed by atoms with E-state index in [9.17, 15) is 9.59 Å². The van der Waals surface area contributed by atoms with Crippen LogP contribution < -0.4 is 14.9 Å². The Morgan fingerprint density at radius 1 is 0.857 bits per heavy atom. The number of nitrogens with one attached hydrogen (secondary N) is 1. The number of hydrogen-bond donors (Lipinski definition) is 1. The van der Waals surface area contributed by atoms with Crippen LogP contribution in [-0.2, 0) is 0 Å². The molecule has 0 heterocycles. The minimum absolute atomic E-state index is 0.287. The predicted octanol–water partition coefficient (Wildman–Crippen LogP) is 6.00. The summed E-state index contributed by atoms with van der Waals surface area (Å²) < 4.78 is 11.1. The predicted molar refractivity (Wildman–Crippen MR) is 137 cm³/mol. The zero-order chi connectivity index (χ0) is 24.5. The number of fused-ring (bicyclic) bond motifs is 1. The van der Waals surface area contributed by atoms with Crippen molar-refractivity contribution in [2.75, 3.05) is 6.61 Å². The molecule has 0 fully saturated rings. The lowest BCUT2D eigenvalue weighted by Crippen LogP contribution is -2.17. The number of nitrogens with zero attached hydrogens (tertiary/aromatic N) is 1. The summed E-state index contributed by atoms with van der Waals surface area (Å²) in [6, 6.07) is 27.0. The first kappa shape index (κ1) is 23.7. The SMILES string of the molecule is CCCCOc1ccc(C(=O)Oc2ccc(C=NNC(=O)c3cccc4ccccc34)cc2)cc1. The number of carbonyl (C=O) groups is 2. The highest BCUT2D eigenvalue weighted by molar-refractivity contribution is 6.07. The highest BCUT2D eigenvalue weighted by atomic mass is 16.5. The summed E-state index contributed by atoms with van der Waals surface area (Å²) in [7, 11) is 0. The Morgan fingerprint density at radius 3 is 2.34 bits per heavy atom. The standard InChI is InChI=1S/C29H26N2O4/c1-2-3-19-34-24-17-13-23(14-18-24)29(33)35-25-15-11-21(12-16-25)20-30-31-28(32)27-10-6-8-22-7-4-5-9-26(22)27/h4-18,20H,2-3,19H2,1H3,(H,31,32). The first-order valence-corrected chi connectivity index (χ1v) is 11.5. The Bertz CT molecular complexity index is 1320. The molecule has 0 aliphatic carbocycles. The van der Waals surface area contributed by atoms with Crippen molar-refractivity contribution in [1.82, 2.24) is 5.43 Å². The Hall–Kier alpha value is -4.45. The average Bonchev–Trinajstić information content (AvgIpc) is 2.90. The number of benzene rings is 4. The van der Waals surface area contributed by atoms with Gasteiger partial charge in [0.2, 0.25) is 0 Å². The van der Waals surface area contributed by atoms with Crippen molar-refractivity contribution in [3.63, 3.8) is 0 Å². The molecule has 0 radical (unpaired) electrons. The summed E-state index contributed by atoms with van der Waals surface area (Å²) in [5, 5.41) is 5.91. The zero-order valence-electron chi connectivity index (χ0n) is 19.4. The van der Waals surface area contributed by atoms with Gasteiger partial charge in [0.25, 0.3) is 5.91 Å². The van der Waals surface area contributed by atoms with Gasteiger partial charge in [-0.3, -0.25) is 4.79 Å². The monoisotopic (exact) mass is 466 g/mol. The summed E-state index contributed by atoms with van der Waals surface area (Å²) in [5.74, 6) is 0.403. The second-order valence-corrected chi connectivity index (χ2v) is 7.91. The first-order valence-electron chi connectivity index (χ1n) is 11.5. The van der Waals surface area contributed by atoms with Gasteiger partial charge in [0.15, 0.2) is 0 Å². The minimum atomic E-state index is -0.450. The molecule has 6 heteroatoms. The smallest absolute Gasteiger partial charge is 0.343 e. The van der Waals surface area contributed by atoms with Gasteiger partial charge in [-0.1, -0.05) is 49.7 Å². The van der Waals surface area contributed by atoms with E-state index in [2.05, 4.69) is 17.5 Å². The van der Waals surface area contributed by atoms with E-state index < -0.39 is 5.97 Å². The Labute approximate surface area is 204 Å². The van der Waals surface area contributed by atoms with Crippen LogP contribution in [0.2, 0.25) is 0 Å². The van der Waals surface area contributed by atoms with Crippen molar-refractivity contribution in [2.24, 2.45) is 5.10 Å². The number of ether oxygens (including phenoxy) is 2. The maximum absolute atomic E-state index is 12.6. The fraction of sp³-hybridized carbons (Fsp3) is 0.138. The van der Waals surface area contributed by atoms with Gasteiger partial charge in [-0.05, 0) is 77.4 Å². The van der Waals surface area contributed by atoms with Gasteiger partial charge < -0.3 is 9.47 Å². The molecule has 0 saturated carbocycles. The van der Waals surface area contributed by atoms with E-state index in [1.807, 2.05) is 36.4 Å². The molecule has 35 heavy (non-hydrogen) atoms. The van der Waals surface area contributed by atoms with E-state index >= 15 is 0 Å². The van der Waals surface area contributed by atoms with Gasteiger partial charge in [-0.2, -0.15) is 5.10 Å². The molecule has 0 aliphatic heterocycles. The topological polar surface area (TPSA) is 77.0 Å². The number of unbranched alkanes of at least 4 members (excludes halogenated alkanes) is 1. The van der Waals surface area contributed by atoms with Crippen molar-refractivity contribution in [3.05, 3.63) is 108 Å². The Morgan fingerprint density at radius 2 is 1.57 bits per heavy atom. The molecule has 6 nitrogen and oxygen atoms in total. The summed E-state index contributed by atoms with van der Waals surface area (Å²) >= 11 is 0. The molecule has 1 amide bonds. The van der Waals surface area contributed by atoms with E-state index in [0.717, 1.165) is 34.9 Å². The molecule has 4 aromatic carbocycles. The van der Waals surface area contributed by atoms with Gasteiger partial charge in [-0.25, -0.2) is 10.2 Å². The summed E-state index contributed by atoms with van der Waals surface area (Å²) in [4.78, 5) is 25.0. The van der Waals surface area contributed by atoms with Gasteiger partial charge >= 0.3 is 5.97 Å². The van der Waals surface area contributed by atoms with Crippen LogP contribution in [0.5, 0.6) is 11.5 Å². The van der Waals surface area contributed by atoms with Crippen molar-refractivity contribution >= 4 is 28.9 Å². The largest absolute Gasteiger partial charge is 0.494 e. The van der Waals surface area contributed by atoms with E-state index in [-0.39, 0.29) is 5.91 Å². The molecule has 0 bridgehead atoms. The number of hydrazone groups is 1. The number of amides is 1. The van der Waals surface area contributed by atoms with Gasteiger partial charge in [0.05, 0.1) is 18.4 Å². The Balaban J connectivity index is 1.31. The van der Waals surface area contributed by atoms with Gasteiger partial charge in [0, 0.05) is 5.56 Å². The second-order valence-electron chi connectivity index (χ2n) is 7.91. The van der Waals surface area contributed by atoms with Crippen LogP contribution >= 0.6 is 0 Å². The van der Waals surface area contributed by atoms with Crippen LogP contribution in [0.25, 0.3) is 10.8 Å². The second kappa shape index (κ2) is 11.6. The lowest BCUT2D eigenvalue weighted by atomic mass is 10.0. The fourth-order valence-electron chi connectivity index (χ4n) is 3.46. The number of hydrogen-bond acceptors (Lipinski definition) is 5. The van der Waals surface area contributed by atoms with Crippen molar-refractivity contribution in [3.8, 4) is 11.5 Å². The molecule has 0 aromatic heterocycles. The molecule has 176 valence electrons. The third kappa shape index (κ3) is 6.32. The quantitative estimate of drug-likeness (QED) is 0.108. The van der Waals surface area contributed by atoms with Gasteiger partial charge in [-0.15, -0.1) is 0 Å². The zero-order valence-corrected chi connectivity index (χ0v) is 19.4. The molecule has 0 unspecified atom stereocenters. The van der Waals surface area contributed by atoms with E-state index in [4.69, 9.17) is 9.47 Å². The molecule has 0 saturated heterocycles. The van der Waals surface area contributed by atoms with Crippen LogP contribution in [0.1, 0.15) is 46.0 Å². The van der Waals surface area contributed by atoms with Crippen molar-refractivity contribution < 1.29 is 19.1 Å². The van der Waals surface area contributed by atoms with E-state index in [1.165, 1.54) is 6.21 Å². The molecule has 0 atom stereocenters. The third-order valence-electron chi connectivity index (χ3n) is 5.36. The lowest BCUT2D eigenvalue weighted by molar-refractivity contribution is 0.0734. The van der Waals surface area contributed by atoms with Crippen molar-refractivity contribution in [1.29, 1.82) is 0 Å². The van der Waals surface area contributed by atoms with E-state index in [1.54, 1.807) is 54.6 Å². The third-order valence-corrected chi connectivity index (χ3v) is 5.36. The fourth-order valence-corrected chi connectivity index (χ4v) is 3.46. The summed E-state index contributed by atoms with van der Waals surface area (Å²) in [6.07, 6.45) is 3.59. The van der Waals surface area contributed by atoms with Crippen LogP contribution in [0.3, 0.4) is 0 Å². The van der Waals surface area contributed by atoms with Crippen LogP contribution in [0.4, 0.5) is 0 Å². The molecule has 0 aliphatic rings. The average molecular weight is 467 g/mol. The first-order chi connectivity index (χ1) is 17.1. The highest BCUT2D eigenvalue weighted by Gasteiger charge is 2.10. The van der Waals surface area contributed by atoms with E-state index in [0.29, 0.717) is 23.5 Å². The summed E-state index contributed by atoms with van der Waals surface area (Å²) in [6.45, 7) is 2.76. The molecule has 4 rings (SSSR count). The maximum Gasteiger partial charge on any atom is 0.343 e. The molecule has 1 N–H and O–H groups in total. The minimum Gasteiger partial charge on any atom is -0.494 e. The van der Waals surface area contributed by atoms with Gasteiger partial charge in [0.1, 0.15) is 11.5 Å². The number of carbonyl (C=O) groups excluding carboxylic acids is 2. The molecule has 0 spiro atoms. The molecule has 4 aromatic rings. The molecular formula is C29H26N2O4. The Kier molecular flexibility index (Phi) is 7.86. The van der Waals surface area contributed by atoms with Crippen LogP contribution in [0, 0.1) is 0 Å². The normalized spacial score (nSPS) is 10.9.